The van der Waals surface area contributed by atoms with E-state index in [2.05, 4.69) is 29.5 Å². The van der Waals surface area contributed by atoms with Crippen LogP contribution in [0, 0.1) is 9.49 Å². The van der Waals surface area contributed by atoms with Crippen LogP contribution in [0.2, 0.25) is 0 Å². The number of likely N-dealkylation sites (tertiary alicyclic amines) is 1. The van der Waals surface area contributed by atoms with Gasteiger partial charge in [-0.25, -0.2) is 0 Å². The summed E-state index contributed by atoms with van der Waals surface area (Å²) in [6.45, 7) is 6.46. The standard InChI is InChI=1S/C13H16INO2/c1-3-17-12-6-10(4-5-11(12)14)13(16)15-7-9(2)8-15/h4-6,9H,3,7-8H2,1-2H3. The van der Waals surface area contributed by atoms with Crippen molar-refractivity contribution in [1.82, 2.24) is 4.90 Å². The average Bonchev–Trinajstić information content (AvgIpc) is 2.27. The van der Waals surface area contributed by atoms with Gasteiger partial charge in [-0.1, -0.05) is 6.92 Å². The summed E-state index contributed by atoms with van der Waals surface area (Å²) in [6.07, 6.45) is 0. The topological polar surface area (TPSA) is 29.5 Å². The second-order valence-corrected chi connectivity index (χ2v) is 5.56. The van der Waals surface area contributed by atoms with E-state index < -0.39 is 0 Å². The van der Waals surface area contributed by atoms with Crippen LogP contribution in [0.15, 0.2) is 18.2 Å². The molecule has 0 spiro atoms. The van der Waals surface area contributed by atoms with Gasteiger partial charge in [0, 0.05) is 18.7 Å². The first-order valence-electron chi connectivity index (χ1n) is 5.83. The van der Waals surface area contributed by atoms with Crippen LogP contribution >= 0.6 is 22.6 Å². The summed E-state index contributed by atoms with van der Waals surface area (Å²) in [4.78, 5) is 14.0. The van der Waals surface area contributed by atoms with E-state index in [1.165, 1.54) is 0 Å². The number of hydrogen-bond acceptors (Lipinski definition) is 2. The fourth-order valence-electron chi connectivity index (χ4n) is 1.95. The van der Waals surface area contributed by atoms with E-state index in [0.29, 0.717) is 12.5 Å². The highest BCUT2D eigenvalue weighted by atomic mass is 127. The summed E-state index contributed by atoms with van der Waals surface area (Å²) in [5, 5.41) is 0. The fourth-order valence-corrected chi connectivity index (χ4v) is 2.44. The number of amides is 1. The van der Waals surface area contributed by atoms with E-state index in [4.69, 9.17) is 4.74 Å². The molecule has 1 aromatic carbocycles. The molecule has 0 aliphatic carbocycles. The lowest BCUT2D eigenvalue weighted by atomic mass is 10.0. The van der Waals surface area contributed by atoms with Crippen LogP contribution < -0.4 is 4.74 Å². The fraction of sp³-hybridized carbons (Fsp3) is 0.462. The Labute approximate surface area is 115 Å². The Bertz CT molecular complexity index is 427. The van der Waals surface area contributed by atoms with Crippen LogP contribution in [0.4, 0.5) is 0 Å². The number of carbonyl (C=O) groups is 1. The normalized spacial score (nSPS) is 15.6. The highest BCUT2D eigenvalue weighted by Gasteiger charge is 2.28. The molecule has 4 heteroatoms. The van der Waals surface area contributed by atoms with Crippen LogP contribution in [-0.2, 0) is 0 Å². The maximum atomic E-state index is 12.1. The van der Waals surface area contributed by atoms with Gasteiger partial charge in [0.05, 0.1) is 10.2 Å². The quantitative estimate of drug-likeness (QED) is 0.789. The number of rotatable bonds is 3. The third kappa shape index (κ3) is 2.73. The lowest BCUT2D eigenvalue weighted by molar-refractivity contribution is 0.0530. The molecule has 1 aliphatic rings. The lowest BCUT2D eigenvalue weighted by Gasteiger charge is -2.37. The summed E-state index contributed by atoms with van der Waals surface area (Å²) in [6, 6.07) is 5.65. The first-order chi connectivity index (χ1) is 8.11. The zero-order valence-corrected chi connectivity index (χ0v) is 12.2. The van der Waals surface area contributed by atoms with Crippen molar-refractivity contribution in [3.63, 3.8) is 0 Å². The molecule has 1 amide bonds. The second-order valence-electron chi connectivity index (χ2n) is 4.39. The van der Waals surface area contributed by atoms with Crippen LogP contribution in [-0.4, -0.2) is 30.5 Å². The third-order valence-corrected chi connectivity index (χ3v) is 3.72. The second kappa shape index (κ2) is 5.25. The highest BCUT2D eigenvalue weighted by molar-refractivity contribution is 14.1. The molecule has 0 radical (unpaired) electrons. The van der Waals surface area contributed by atoms with Gasteiger partial charge in [-0.05, 0) is 53.6 Å². The molecule has 92 valence electrons. The average molecular weight is 345 g/mol. The number of halogens is 1. The lowest BCUT2D eigenvalue weighted by Crippen LogP contribution is -2.48. The van der Waals surface area contributed by atoms with E-state index in [1.807, 2.05) is 30.0 Å². The molecular formula is C13H16INO2. The molecule has 3 nitrogen and oxygen atoms in total. The van der Waals surface area contributed by atoms with Gasteiger partial charge in [0.25, 0.3) is 5.91 Å². The molecule has 1 heterocycles. The van der Waals surface area contributed by atoms with Gasteiger partial charge in [0.15, 0.2) is 0 Å². The van der Waals surface area contributed by atoms with Gasteiger partial charge in [0.2, 0.25) is 0 Å². The monoisotopic (exact) mass is 345 g/mol. The predicted molar refractivity (Wildman–Crippen MR) is 75.4 cm³/mol. The number of hydrogen-bond donors (Lipinski definition) is 0. The van der Waals surface area contributed by atoms with Crippen LogP contribution in [0.3, 0.4) is 0 Å². The van der Waals surface area contributed by atoms with Gasteiger partial charge in [-0.3, -0.25) is 4.79 Å². The number of carbonyl (C=O) groups excluding carboxylic acids is 1. The maximum Gasteiger partial charge on any atom is 0.254 e. The van der Waals surface area contributed by atoms with E-state index in [0.717, 1.165) is 28.0 Å². The number of benzene rings is 1. The molecule has 0 aromatic heterocycles. The first kappa shape index (κ1) is 12.7. The summed E-state index contributed by atoms with van der Waals surface area (Å²) < 4.78 is 6.54. The summed E-state index contributed by atoms with van der Waals surface area (Å²) >= 11 is 2.22. The maximum absolute atomic E-state index is 12.1. The number of nitrogens with zero attached hydrogens (tertiary/aromatic N) is 1. The minimum atomic E-state index is 0.112. The molecular weight excluding hydrogens is 329 g/mol. The Kier molecular flexibility index (Phi) is 3.91. The largest absolute Gasteiger partial charge is 0.493 e. The molecule has 0 N–H and O–H groups in total. The predicted octanol–water partition coefficient (Wildman–Crippen LogP) is 2.78. The van der Waals surface area contributed by atoms with Crippen molar-refractivity contribution in [3.05, 3.63) is 27.3 Å². The van der Waals surface area contributed by atoms with Gasteiger partial charge in [0.1, 0.15) is 5.75 Å². The van der Waals surface area contributed by atoms with Crippen LogP contribution in [0.5, 0.6) is 5.75 Å². The molecule has 0 atom stereocenters. The van der Waals surface area contributed by atoms with E-state index >= 15 is 0 Å². The highest BCUT2D eigenvalue weighted by Crippen LogP contribution is 2.25. The van der Waals surface area contributed by atoms with Gasteiger partial charge in [-0.15, -0.1) is 0 Å². The summed E-state index contributed by atoms with van der Waals surface area (Å²) in [5.74, 6) is 1.54. The van der Waals surface area contributed by atoms with E-state index in [-0.39, 0.29) is 5.91 Å². The molecule has 1 aromatic rings. The minimum absolute atomic E-state index is 0.112. The zero-order chi connectivity index (χ0) is 12.4. The Morgan fingerprint density at radius 2 is 2.24 bits per heavy atom. The molecule has 0 bridgehead atoms. The van der Waals surface area contributed by atoms with Gasteiger partial charge >= 0.3 is 0 Å². The third-order valence-electron chi connectivity index (χ3n) is 2.83. The van der Waals surface area contributed by atoms with Crippen molar-refractivity contribution in [3.8, 4) is 5.75 Å². The first-order valence-corrected chi connectivity index (χ1v) is 6.91. The molecule has 17 heavy (non-hydrogen) atoms. The molecule has 0 unspecified atom stereocenters. The Morgan fingerprint density at radius 3 is 2.82 bits per heavy atom. The minimum Gasteiger partial charge on any atom is -0.493 e. The molecule has 1 aliphatic heterocycles. The zero-order valence-electron chi connectivity index (χ0n) is 10.1. The van der Waals surface area contributed by atoms with Crippen molar-refractivity contribution in [2.45, 2.75) is 13.8 Å². The molecule has 0 saturated carbocycles. The SMILES string of the molecule is CCOc1cc(C(=O)N2CC(C)C2)ccc1I. The Hall–Kier alpha value is -0.780. The Morgan fingerprint density at radius 1 is 1.53 bits per heavy atom. The van der Waals surface area contributed by atoms with Crippen molar-refractivity contribution in [1.29, 1.82) is 0 Å². The molecule has 1 saturated heterocycles. The van der Waals surface area contributed by atoms with Crippen LogP contribution in [0.25, 0.3) is 0 Å². The van der Waals surface area contributed by atoms with E-state index in [1.54, 1.807) is 0 Å². The summed E-state index contributed by atoms with van der Waals surface area (Å²) in [7, 11) is 0. The van der Waals surface area contributed by atoms with Crippen molar-refractivity contribution < 1.29 is 9.53 Å². The number of ether oxygens (including phenoxy) is 1. The Balaban J connectivity index is 2.15. The van der Waals surface area contributed by atoms with Crippen molar-refractivity contribution >= 4 is 28.5 Å². The molecule has 1 fully saturated rings. The summed E-state index contributed by atoms with van der Waals surface area (Å²) in [5.41, 5.74) is 0.723. The van der Waals surface area contributed by atoms with Crippen molar-refractivity contribution in [2.75, 3.05) is 19.7 Å². The van der Waals surface area contributed by atoms with Gasteiger partial charge in [-0.2, -0.15) is 0 Å². The smallest absolute Gasteiger partial charge is 0.254 e. The van der Waals surface area contributed by atoms with Crippen LogP contribution in [0.1, 0.15) is 24.2 Å². The van der Waals surface area contributed by atoms with Crippen molar-refractivity contribution in [2.24, 2.45) is 5.92 Å². The van der Waals surface area contributed by atoms with Gasteiger partial charge < -0.3 is 9.64 Å². The van der Waals surface area contributed by atoms with E-state index in [9.17, 15) is 4.79 Å². The molecule has 2 rings (SSSR count).